The molecule has 0 bridgehead atoms. The summed E-state index contributed by atoms with van der Waals surface area (Å²) in [5.74, 6) is 0.443. The maximum absolute atomic E-state index is 12.4. The van der Waals surface area contributed by atoms with Gasteiger partial charge in [-0.2, -0.15) is 0 Å². The molecule has 1 fully saturated rings. The number of hydrogen-bond donors (Lipinski definition) is 2. The largest absolute Gasteiger partial charge is 0.335 e. The molecule has 7 nitrogen and oxygen atoms in total. The third kappa shape index (κ3) is 5.13. The Labute approximate surface area is 169 Å². The lowest BCUT2D eigenvalue weighted by Gasteiger charge is -2.23. The molecule has 1 aromatic heterocycles. The third-order valence-corrected chi connectivity index (χ3v) is 5.97. The molecule has 0 spiro atoms. The lowest BCUT2D eigenvalue weighted by molar-refractivity contribution is -0.119. The molecular weight excluding hydrogens is 374 g/mol. The molecule has 1 saturated carbocycles. The van der Waals surface area contributed by atoms with E-state index in [9.17, 15) is 9.59 Å². The fraction of sp³-hybridized carbons (Fsp3) is 0.500. The van der Waals surface area contributed by atoms with Crippen molar-refractivity contribution in [3.8, 4) is 11.4 Å². The zero-order valence-corrected chi connectivity index (χ0v) is 17.2. The first kappa shape index (κ1) is 20.4. The zero-order valence-electron chi connectivity index (χ0n) is 16.4. The minimum absolute atomic E-state index is 0.168. The second kappa shape index (κ2) is 9.73. The van der Waals surface area contributed by atoms with Crippen LogP contribution < -0.4 is 10.6 Å². The van der Waals surface area contributed by atoms with Crippen molar-refractivity contribution in [3.05, 3.63) is 30.3 Å². The van der Waals surface area contributed by atoms with E-state index in [2.05, 4.69) is 20.8 Å². The van der Waals surface area contributed by atoms with E-state index in [0.29, 0.717) is 11.7 Å². The molecule has 1 heterocycles. The van der Waals surface area contributed by atoms with Crippen LogP contribution in [-0.2, 0) is 11.3 Å². The van der Waals surface area contributed by atoms with Gasteiger partial charge in [0.1, 0.15) is 0 Å². The molecule has 8 heteroatoms. The highest BCUT2D eigenvalue weighted by Gasteiger charge is 2.23. The molecule has 0 radical (unpaired) electrons. The quantitative estimate of drug-likeness (QED) is 0.722. The van der Waals surface area contributed by atoms with Gasteiger partial charge in [0.25, 0.3) is 0 Å². The van der Waals surface area contributed by atoms with Crippen molar-refractivity contribution in [1.29, 1.82) is 0 Å². The maximum Gasteiger partial charge on any atom is 0.321 e. The van der Waals surface area contributed by atoms with Crippen LogP contribution in [0.3, 0.4) is 0 Å². The summed E-state index contributed by atoms with van der Waals surface area (Å²) in [5.41, 5.74) is 0.979. The smallest absolute Gasteiger partial charge is 0.321 e. The van der Waals surface area contributed by atoms with Gasteiger partial charge in [0.05, 0.1) is 5.25 Å². The van der Waals surface area contributed by atoms with Crippen molar-refractivity contribution in [2.24, 2.45) is 0 Å². The van der Waals surface area contributed by atoms with Crippen LogP contribution in [0.2, 0.25) is 0 Å². The molecule has 2 N–H and O–H groups in total. The molecule has 3 amide bonds. The Balaban J connectivity index is 1.59. The summed E-state index contributed by atoms with van der Waals surface area (Å²) in [7, 11) is 0. The number of aromatic nitrogens is 3. The molecule has 150 valence electrons. The number of nitrogens with one attached hydrogen (secondary N) is 2. The van der Waals surface area contributed by atoms with Crippen molar-refractivity contribution < 1.29 is 9.59 Å². The number of carbonyl (C=O) groups is 2. The van der Waals surface area contributed by atoms with E-state index in [1.54, 1.807) is 6.92 Å². The van der Waals surface area contributed by atoms with Gasteiger partial charge in [0, 0.05) is 18.2 Å². The normalized spacial score (nSPS) is 15.8. The lowest BCUT2D eigenvalue weighted by Crippen LogP contribution is -2.47. The summed E-state index contributed by atoms with van der Waals surface area (Å²) >= 11 is 1.30. The lowest BCUT2D eigenvalue weighted by atomic mass is 9.96. The second-order valence-corrected chi connectivity index (χ2v) is 8.28. The summed E-state index contributed by atoms with van der Waals surface area (Å²) in [6, 6.07) is 9.59. The van der Waals surface area contributed by atoms with Crippen molar-refractivity contribution in [3.63, 3.8) is 0 Å². The molecule has 0 unspecified atom stereocenters. The van der Waals surface area contributed by atoms with Gasteiger partial charge in [-0.1, -0.05) is 61.4 Å². The van der Waals surface area contributed by atoms with Crippen LogP contribution in [0.4, 0.5) is 4.79 Å². The number of rotatable bonds is 6. The van der Waals surface area contributed by atoms with Gasteiger partial charge in [0.15, 0.2) is 11.0 Å². The van der Waals surface area contributed by atoms with Crippen LogP contribution >= 0.6 is 11.8 Å². The number of urea groups is 1. The van der Waals surface area contributed by atoms with Crippen molar-refractivity contribution in [2.75, 3.05) is 0 Å². The summed E-state index contributed by atoms with van der Waals surface area (Å²) in [6.45, 7) is 4.48. The van der Waals surface area contributed by atoms with Gasteiger partial charge in [-0.05, 0) is 26.7 Å². The number of nitrogens with zero attached hydrogens (tertiary/aromatic N) is 3. The molecular formula is C20H27N5O2S. The van der Waals surface area contributed by atoms with E-state index in [1.165, 1.54) is 18.2 Å². The first-order chi connectivity index (χ1) is 13.6. The first-order valence-corrected chi connectivity index (χ1v) is 10.7. The van der Waals surface area contributed by atoms with Crippen LogP contribution in [-0.4, -0.2) is 38.0 Å². The van der Waals surface area contributed by atoms with E-state index < -0.39 is 11.3 Å². The van der Waals surface area contributed by atoms with Crippen LogP contribution in [0.5, 0.6) is 0 Å². The number of benzene rings is 1. The van der Waals surface area contributed by atoms with Gasteiger partial charge >= 0.3 is 6.03 Å². The number of imide groups is 1. The number of thioether (sulfide) groups is 1. The van der Waals surface area contributed by atoms with Crippen molar-refractivity contribution >= 4 is 23.7 Å². The predicted octanol–water partition coefficient (Wildman–Crippen LogP) is 3.60. The van der Waals surface area contributed by atoms with Crippen molar-refractivity contribution in [2.45, 2.75) is 68.9 Å². The molecule has 28 heavy (non-hydrogen) atoms. The van der Waals surface area contributed by atoms with Crippen LogP contribution in [0.15, 0.2) is 35.5 Å². The van der Waals surface area contributed by atoms with E-state index >= 15 is 0 Å². The predicted molar refractivity (Wildman–Crippen MR) is 110 cm³/mol. The summed E-state index contributed by atoms with van der Waals surface area (Å²) in [4.78, 5) is 24.5. The standard InChI is InChI=1S/C20H27N5O2S/c1-3-25-17(15-10-6-4-7-11-15)23-24-20(25)28-14(2)18(26)22-19(27)21-16-12-8-5-9-13-16/h4,6-7,10-11,14,16H,3,5,8-9,12-13H2,1-2H3,(H2,21,22,26,27)/t14-/m1/s1. The molecule has 3 rings (SSSR count). The Morgan fingerprint density at radius 1 is 1.18 bits per heavy atom. The molecule has 0 saturated heterocycles. The molecule has 1 aromatic carbocycles. The Kier molecular flexibility index (Phi) is 7.08. The summed E-state index contributed by atoms with van der Waals surface area (Å²) in [5, 5.41) is 14.1. The van der Waals surface area contributed by atoms with Crippen LogP contribution in [0.1, 0.15) is 46.0 Å². The average molecular weight is 402 g/mol. The van der Waals surface area contributed by atoms with Gasteiger partial charge in [-0.25, -0.2) is 4.79 Å². The fourth-order valence-electron chi connectivity index (χ4n) is 3.36. The van der Waals surface area contributed by atoms with Gasteiger partial charge in [-0.3, -0.25) is 10.1 Å². The monoisotopic (exact) mass is 401 g/mol. The van der Waals surface area contributed by atoms with Gasteiger partial charge < -0.3 is 9.88 Å². The van der Waals surface area contributed by atoms with Gasteiger partial charge in [-0.15, -0.1) is 10.2 Å². The second-order valence-electron chi connectivity index (χ2n) is 6.97. The Hall–Kier alpha value is -2.35. The summed E-state index contributed by atoms with van der Waals surface area (Å²) < 4.78 is 1.98. The Morgan fingerprint density at radius 3 is 2.57 bits per heavy atom. The van der Waals surface area contributed by atoms with Crippen LogP contribution in [0.25, 0.3) is 11.4 Å². The highest BCUT2D eigenvalue weighted by Crippen LogP contribution is 2.26. The number of amides is 3. The number of hydrogen-bond acceptors (Lipinski definition) is 5. The molecule has 1 aliphatic rings. The van der Waals surface area contributed by atoms with E-state index in [1.807, 2.05) is 41.8 Å². The number of carbonyl (C=O) groups excluding carboxylic acids is 2. The molecule has 1 atom stereocenters. The molecule has 0 aliphatic heterocycles. The van der Waals surface area contributed by atoms with E-state index in [0.717, 1.165) is 37.1 Å². The van der Waals surface area contributed by atoms with E-state index in [4.69, 9.17) is 0 Å². The average Bonchev–Trinajstić information content (AvgIpc) is 3.11. The van der Waals surface area contributed by atoms with E-state index in [-0.39, 0.29) is 11.9 Å². The van der Waals surface area contributed by atoms with Gasteiger partial charge in [0.2, 0.25) is 5.91 Å². The highest BCUT2D eigenvalue weighted by molar-refractivity contribution is 8.00. The third-order valence-electron chi connectivity index (χ3n) is 4.89. The van der Waals surface area contributed by atoms with Crippen molar-refractivity contribution in [1.82, 2.24) is 25.4 Å². The maximum atomic E-state index is 12.4. The SMILES string of the molecule is CCn1c(S[C@H](C)C(=O)NC(=O)NC2CCCCC2)nnc1-c1ccccc1. The topological polar surface area (TPSA) is 88.9 Å². The van der Waals surface area contributed by atoms with Crippen LogP contribution in [0, 0.1) is 0 Å². The Morgan fingerprint density at radius 2 is 1.89 bits per heavy atom. The minimum atomic E-state index is -0.463. The molecule has 2 aromatic rings. The first-order valence-electron chi connectivity index (χ1n) is 9.85. The molecule has 1 aliphatic carbocycles. The fourth-order valence-corrected chi connectivity index (χ4v) is 4.27. The minimum Gasteiger partial charge on any atom is -0.335 e. The Bertz CT molecular complexity index is 802. The highest BCUT2D eigenvalue weighted by atomic mass is 32.2. The summed E-state index contributed by atoms with van der Waals surface area (Å²) in [6.07, 6.45) is 5.43. The zero-order chi connectivity index (χ0) is 19.9.